The summed E-state index contributed by atoms with van der Waals surface area (Å²) >= 11 is 0. The zero-order valence-electron chi connectivity index (χ0n) is 11.0. The largest absolute Gasteiger partial charge is 0.501 e. The quantitative estimate of drug-likeness (QED) is 0.839. The summed E-state index contributed by atoms with van der Waals surface area (Å²) in [5, 5.41) is 11.2. The molecule has 0 fully saturated rings. The van der Waals surface area contributed by atoms with Gasteiger partial charge in [-0.3, -0.25) is 4.79 Å². The van der Waals surface area contributed by atoms with Crippen molar-refractivity contribution in [3.05, 3.63) is 24.3 Å². The number of sulfone groups is 1. The molecule has 0 heterocycles. The molecule has 0 radical (unpaired) electrons. The van der Waals surface area contributed by atoms with Gasteiger partial charge in [-0.2, -0.15) is 13.2 Å². The minimum Gasteiger partial charge on any atom is -0.481 e. The molecule has 5 nitrogen and oxygen atoms in total. The number of carbonyl (C=O) groups is 1. The van der Waals surface area contributed by atoms with E-state index < -0.39 is 26.2 Å². The fraction of sp³-hybridized carbons (Fsp3) is 0.417. The van der Waals surface area contributed by atoms with Crippen molar-refractivity contribution in [1.82, 2.24) is 0 Å². The predicted octanol–water partition coefficient (Wildman–Crippen LogP) is 2.50. The van der Waals surface area contributed by atoms with Crippen LogP contribution < -0.4 is 5.32 Å². The molecule has 0 aromatic heterocycles. The summed E-state index contributed by atoms with van der Waals surface area (Å²) in [5.41, 5.74) is -5.59. The van der Waals surface area contributed by atoms with Gasteiger partial charge in [-0.1, -0.05) is 19.1 Å². The minimum atomic E-state index is -5.46. The molecule has 1 aromatic rings. The van der Waals surface area contributed by atoms with Gasteiger partial charge in [0.25, 0.3) is 9.84 Å². The topological polar surface area (TPSA) is 83.5 Å². The number of para-hydroxylation sites is 1. The Morgan fingerprint density at radius 2 is 1.90 bits per heavy atom. The van der Waals surface area contributed by atoms with Crippen molar-refractivity contribution in [3.8, 4) is 0 Å². The van der Waals surface area contributed by atoms with E-state index in [4.69, 9.17) is 5.11 Å². The van der Waals surface area contributed by atoms with Gasteiger partial charge in [0, 0.05) is 13.0 Å². The number of rotatable bonds is 6. The number of nitrogens with one attached hydrogen (secondary N) is 1. The number of hydrogen-bond acceptors (Lipinski definition) is 4. The highest BCUT2D eigenvalue weighted by atomic mass is 32.2. The smallest absolute Gasteiger partial charge is 0.481 e. The molecule has 0 bridgehead atoms. The van der Waals surface area contributed by atoms with Gasteiger partial charge in [-0.15, -0.1) is 0 Å². The van der Waals surface area contributed by atoms with Crippen LogP contribution in [0.4, 0.5) is 18.9 Å². The molecule has 0 aliphatic carbocycles. The monoisotopic (exact) mass is 325 g/mol. The molecular formula is C12H14F3NO4S. The van der Waals surface area contributed by atoms with E-state index in [1.807, 2.05) is 0 Å². The van der Waals surface area contributed by atoms with Gasteiger partial charge in [-0.05, 0) is 18.1 Å². The van der Waals surface area contributed by atoms with Crippen LogP contribution in [0.2, 0.25) is 0 Å². The first kappa shape index (κ1) is 17.3. The molecule has 9 heteroatoms. The van der Waals surface area contributed by atoms with Crippen LogP contribution in [0.25, 0.3) is 0 Å². The van der Waals surface area contributed by atoms with Crippen molar-refractivity contribution in [3.63, 3.8) is 0 Å². The lowest BCUT2D eigenvalue weighted by atomic mass is 10.1. The number of benzene rings is 1. The molecule has 1 atom stereocenters. The summed E-state index contributed by atoms with van der Waals surface area (Å²) < 4.78 is 60.6. The van der Waals surface area contributed by atoms with Gasteiger partial charge in [0.05, 0.1) is 10.6 Å². The van der Waals surface area contributed by atoms with Gasteiger partial charge in [0.1, 0.15) is 0 Å². The SMILES string of the molecule is CC(CNc1ccccc1S(=O)(=O)C(F)(F)F)CC(=O)O. The Bertz CT molecular complexity index is 613. The number of hydrogen-bond donors (Lipinski definition) is 2. The Hall–Kier alpha value is -1.77. The zero-order valence-corrected chi connectivity index (χ0v) is 11.8. The van der Waals surface area contributed by atoms with E-state index in [0.717, 1.165) is 6.07 Å². The Balaban J connectivity index is 2.99. The molecule has 0 amide bonds. The average Bonchev–Trinajstić information content (AvgIpc) is 2.34. The molecule has 118 valence electrons. The van der Waals surface area contributed by atoms with E-state index in [1.165, 1.54) is 18.2 Å². The molecule has 2 N–H and O–H groups in total. The summed E-state index contributed by atoms with van der Waals surface area (Å²) in [4.78, 5) is 9.63. The van der Waals surface area contributed by atoms with Crippen molar-refractivity contribution < 1.29 is 31.5 Å². The Morgan fingerprint density at radius 3 is 2.43 bits per heavy atom. The van der Waals surface area contributed by atoms with E-state index in [9.17, 15) is 26.4 Å². The fourth-order valence-corrected chi connectivity index (χ4v) is 2.56. The minimum absolute atomic E-state index is 0.0384. The molecule has 1 aromatic carbocycles. The maximum atomic E-state index is 12.6. The first-order chi connectivity index (χ1) is 9.55. The third kappa shape index (κ3) is 4.35. The molecule has 0 saturated heterocycles. The second kappa shape index (κ2) is 6.33. The van der Waals surface area contributed by atoms with Crippen molar-refractivity contribution in [1.29, 1.82) is 0 Å². The van der Waals surface area contributed by atoms with Gasteiger partial charge in [0.15, 0.2) is 0 Å². The first-order valence-electron chi connectivity index (χ1n) is 5.91. The second-order valence-corrected chi connectivity index (χ2v) is 6.44. The summed E-state index contributed by atoms with van der Waals surface area (Å²) in [6.07, 6.45) is -0.179. The average molecular weight is 325 g/mol. The molecule has 1 unspecified atom stereocenters. The lowest BCUT2D eigenvalue weighted by molar-refractivity contribution is -0.137. The zero-order chi connectivity index (χ0) is 16.3. The Labute approximate surface area is 119 Å². The van der Waals surface area contributed by atoms with Crippen molar-refractivity contribution in [2.45, 2.75) is 23.7 Å². The number of anilines is 1. The Kier molecular flexibility index (Phi) is 5.21. The third-order valence-electron chi connectivity index (χ3n) is 2.65. The normalized spacial score (nSPS) is 13.7. The fourth-order valence-electron chi connectivity index (χ4n) is 1.63. The number of carboxylic acid groups (broad SMARTS) is 1. The van der Waals surface area contributed by atoms with E-state index >= 15 is 0 Å². The molecule has 0 saturated carbocycles. The molecule has 1 rings (SSSR count). The van der Waals surface area contributed by atoms with Crippen LogP contribution in [0.5, 0.6) is 0 Å². The van der Waals surface area contributed by atoms with Crippen molar-refractivity contribution in [2.75, 3.05) is 11.9 Å². The van der Waals surface area contributed by atoms with Crippen molar-refractivity contribution >= 4 is 21.5 Å². The number of carboxylic acids is 1. The van der Waals surface area contributed by atoms with Crippen LogP contribution in [0, 0.1) is 5.92 Å². The van der Waals surface area contributed by atoms with E-state index in [1.54, 1.807) is 6.92 Å². The predicted molar refractivity (Wildman–Crippen MR) is 69.6 cm³/mol. The number of halogens is 3. The lowest BCUT2D eigenvalue weighted by Gasteiger charge is -2.16. The number of aliphatic carboxylic acids is 1. The molecule has 0 spiro atoms. The van der Waals surface area contributed by atoms with Crippen LogP contribution in [0.1, 0.15) is 13.3 Å². The van der Waals surface area contributed by atoms with Gasteiger partial charge < -0.3 is 10.4 Å². The van der Waals surface area contributed by atoms with E-state index in [0.29, 0.717) is 0 Å². The first-order valence-corrected chi connectivity index (χ1v) is 7.40. The van der Waals surface area contributed by atoms with Gasteiger partial charge in [0.2, 0.25) is 0 Å². The summed E-state index contributed by atoms with van der Waals surface area (Å²) in [6, 6.07) is 4.63. The third-order valence-corrected chi connectivity index (χ3v) is 4.19. The molecule has 0 aliphatic rings. The maximum Gasteiger partial charge on any atom is 0.501 e. The molecular weight excluding hydrogens is 311 g/mol. The summed E-state index contributed by atoms with van der Waals surface area (Å²) in [6.45, 7) is 1.62. The van der Waals surface area contributed by atoms with Crippen LogP contribution in [0.3, 0.4) is 0 Å². The van der Waals surface area contributed by atoms with Crippen LogP contribution in [0.15, 0.2) is 29.2 Å². The molecule has 21 heavy (non-hydrogen) atoms. The van der Waals surface area contributed by atoms with E-state index in [2.05, 4.69) is 5.32 Å². The highest BCUT2D eigenvalue weighted by Crippen LogP contribution is 2.34. The van der Waals surface area contributed by atoms with Crippen molar-refractivity contribution in [2.24, 2.45) is 5.92 Å². The van der Waals surface area contributed by atoms with E-state index in [-0.39, 0.29) is 24.6 Å². The summed E-state index contributed by atoms with van der Waals surface area (Å²) in [7, 11) is -5.46. The maximum absolute atomic E-state index is 12.6. The highest BCUT2D eigenvalue weighted by Gasteiger charge is 2.47. The van der Waals surface area contributed by atoms with Crippen LogP contribution >= 0.6 is 0 Å². The highest BCUT2D eigenvalue weighted by molar-refractivity contribution is 7.92. The Morgan fingerprint density at radius 1 is 1.33 bits per heavy atom. The standard InChI is InChI=1S/C12H14F3NO4S/c1-8(6-11(17)18)7-16-9-4-2-3-5-10(9)21(19,20)12(13,14)15/h2-5,8,16H,6-7H2,1H3,(H,17,18). The van der Waals surface area contributed by atoms with Crippen LogP contribution in [-0.2, 0) is 14.6 Å². The lowest BCUT2D eigenvalue weighted by Crippen LogP contribution is -2.25. The van der Waals surface area contributed by atoms with Gasteiger partial charge in [-0.25, -0.2) is 8.42 Å². The number of alkyl halides is 3. The summed E-state index contributed by atoms with van der Waals surface area (Å²) in [5.74, 6) is -1.41. The molecule has 0 aliphatic heterocycles. The second-order valence-electron chi connectivity index (χ2n) is 4.53. The van der Waals surface area contributed by atoms with Crippen LogP contribution in [-0.4, -0.2) is 31.5 Å². The van der Waals surface area contributed by atoms with Gasteiger partial charge >= 0.3 is 11.5 Å².